The summed E-state index contributed by atoms with van der Waals surface area (Å²) in [5.74, 6) is 1.28. The number of amides is 1. The molecule has 3 aromatic rings. The van der Waals surface area contributed by atoms with Crippen molar-refractivity contribution in [2.75, 3.05) is 14.2 Å². The number of nitrogens with zero attached hydrogens (tertiary/aromatic N) is 1. The summed E-state index contributed by atoms with van der Waals surface area (Å²) < 4.78 is 10.5. The number of benzene rings is 2. The monoisotopic (exact) mass is 322 g/mol. The van der Waals surface area contributed by atoms with E-state index in [-0.39, 0.29) is 5.91 Å². The molecule has 0 spiro atoms. The minimum atomic E-state index is -0.223. The number of nitrogens with one attached hydrogen (secondary N) is 1. The van der Waals surface area contributed by atoms with Crippen LogP contribution in [0, 0.1) is 0 Å². The first-order valence-electron chi connectivity index (χ1n) is 7.56. The number of carbonyl (C=O) groups is 1. The minimum absolute atomic E-state index is 0.223. The van der Waals surface area contributed by atoms with Crippen LogP contribution in [0.5, 0.6) is 11.5 Å². The van der Waals surface area contributed by atoms with Crippen LogP contribution in [0.15, 0.2) is 54.6 Å². The molecule has 0 saturated heterocycles. The van der Waals surface area contributed by atoms with E-state index < -0.39 is 0 Å². The number of ether oxygens (including phenoxy) is 2. The molecule has 0 aliphatic carbocycles. The molecule has 0 bridgehead atoms. The molecule has 0 aliphatic heterocycles. The van der Waals surface area contributed by atoms with Gasteiger partial charge < -0.3 is 14.8 Å². The largest absolute Gasteiger partial charge is 0.497 e. The summed E-state index contributed by atoms with van der Waals surface area (Å²) in [4.78, 5) is 16.8. The van der Waals surface area contributed by atoms with Crippen molar-refractivity contribution in [3.8, 4) is 11.5 Å². The van der Waals surface area contributed by atoms with E-state index in [1.165, 1.54) is 0 Å². The molecule has 5 nitrogen and oxygen atoms in total. The molecule has 2 aromatic carbocycles. The highest BCUT2D eigenvalue weighted by atomic mass is 16.5. The van der Waals surface area contributed by atoms with Crippen LogP contribution in [0.2, 0.25) is 0 Å². The SMILES string of the molecule is COc1ccc2nc(C(=O)NCc3ccccc3OC)ccc2c1. The maximum absolute atomic E-state index is 12.3. The molecule has 1 N–H and O–H groups in total. The average molecular weight is 322 g/mol. The number of methoxy groups -OCH3 is 2. The topological polar surface area (TPSA) is 60.5 Å². The van der Waals surface area contributed by atoms with Gasteiger partial charge in [-0.1, -0.05) is 24.3 Å². The van der Waals surface area contributed by atoms with Gasteiger partial charge >= 0.3 is 0 Å². The summed E-state index contributed by atoms with van der Waals surface area (Å²) in [7, 11) is 3.23. The van der Waals surface area contributed by atoms with E-state index >= 15 is 0 Å². The van der Waals surface area contributed by atoms with Crippen LogP contribution in [0.3, 0.4) is 0 Å². The van der Waals surface area contributed by atoms with Crippen molar-refractivity contribution >= 4 is 16.8 Å². The van der Waals surface area contributed by atoms with Crippen LogP contribution in [0.4, 0.5) is 0 Å². The van der Waals surface area contributed by atoms with Crippen molar-refractivity contribution in [3.63, 3.8) is 0 Å². The number of rotatable bonds is 5. The molecule has 0 radical (unpaired) electrons. The van der Waals surface area contributed by atoms with Crippen LogP contribution in [-0.2, 0) is 6.54 Å². The Morgan fingerprint density at radius 1 is 1.04 bits per heavy atom. The van der Waals surface area contributed by atoms with Crippen molar-refractivity contribution < 1.29 is 14.3 Å². The van der Waals surface area contributed by atoms with E-state index in [4.69, 9.17) is 9.47 Å². The minimum Gasteiger partial charge on any atom is -0.497 e. The Balaban J connectivity index is 1.76. The third-order valence-electron chi connectivity index (χ3n) is 3.76. The van der Waals surface area contributed by atoms with Crippen molar-refractivity contribution in [2.24, 2.45) is 0 Å². The van der Waals surface area contributed by atoms with E-state index in [1.807, 2.05) is 48.5 Å². The molecule has 5 heteroatoms. The van der Waals surface area contributed by atoms with Gasteiger partial charge in [-0.3, -0.25) is 4.79 Å². The number of carbonyl (C=O) groups excluding carboxylic acids is 1. The Bertz CT molecular complexity index is 877. The molecular weight excluding hydrogens is 304 g/mol. The second-order valence-corrected chi connectivity index (χ2v) is 5.25. The first-order valence-corrected chi connectivity index (χ1v) is 7.56. The summed E-state index contributed by atoms with van der Waals surface area (Å²) in [6.07, 6.45) is 0. The highest BCUT2D eigenvalue weighted by Crippen LogP contribution is 2.20. The van der Waals surface area contributed by atoms with Gasteiger partial charge in [-0.2, -0.15) is 0 Å². The Morgan fingerprint density at radius 2 is 1.88 bits per heavy atom. The molecule has 24 heavy (non-hydrogen) atoms. The van der Waals surface area contributed by atoms with Gasteiger partial charge in [-0.25, -0.2) is 4.98 Å². The Labute approximate surface area is 140 Å². The first kappa shape index (κ1) is 15.8. The van der Waals surface area contributed by atoms with Gasteiger partial charge in [0.2, 0.25) is 0 Å². The molecule has 3 rings (SSSR count). The van der Waals surface area contributed by atoms with Gasteiger partial charge in [0, 0.05) is 17.5 Å². The van der Waals surface area contributed by atoms with Crippen molar-refractivity contribution in [2.45, 2.75) is 6.54 Å². The van der Waals surface area contributed by atoms with Crippen LogP contribution in [-0.4, -0.2) is 25.1 Å². The normalized spacial score (nSPS) is 10.4. The zero-order valence-corrected chi connectivity index (χ0v) is 13.6. The lowest BCUT2D eigenvalue weighted by Crippen LogP contribution is -2.24. The molecule has 0 atom stereocenters. The summed E-state index contributed by atoms with van der Waals surface area (Å²) in [6.45, 7) is 0.380. The number of aromatic nitrogens is 1. The van der Waals surface area contributed by atoms with Crippen LogP contribution in [0.25, 0.3) is 10.9 Å². The number of hydrogen-bond donors (Lipinski definition) is 1. The summed E-state index contributed by atoms with van der Waals surface area (Å²) >= 11 is 0. The summed E-state index contributed by atoms with van der Waals surface area (Å²) in [5.41, 5.74) is 2.04. The standard InChI is InChI=1S/C19H18N2O3/c1-23-15-8-10-16-13(11-15)7-9-17(21-16)19(22)20-12-14-5-3-4-6-18(14)24-2/h3-11H,12H2,1-2H3,(H,20,22). The summed E-state index contributed by atoms with van der Waals surface area (Å²) in [6, 6.07) is 16.7. The maximum atomic E-state index is 12.3. The highest BCUT2D eigenvalue weighted by molar-refractivity contribution is 5.95. The van der Waals surface area contributed by atoms with E-state index in [1.54, 1.807) is 20.3 Å². The number of hydrogen-bond acceptors (Lipinski definition) is 4. The van der Waals surface area contributed by atoms with Crippen molar-refractivity contribution in [1.29, 1.82) is 0 Å². The van der Waals surface area contributed by atoms with Crippen LogP contribution < -0.4 is 14.8 Å². The van der Waals surface area contributed by atoms with Gasteiger partial charge in [-0.05, 0) is 30.3 Å². The van der Waals surface area contributed by atoms with Crippen LogP contribution in [0.1, 0.15) is 16.1 Å². The van der Waals surface area contributed by atoms with Gasteiger partial charge in [-0.15, -0.1) is 0 Å². The molecule has 1 heterocycles. The zero-order valence-electron chi connectivity index (χ0n) is 13.6. The van der Waals surface area contributed by atoms with Gasteiger partial charge in [0.15, 0.2) is 0 Å². The Morgan fingerprint density at radius 3 is 2.67 bits per heavy atom. The summed E-state index contributed by atoms with van der Waals surface area (Å²) in [5, 5.41) is 3.80. The lowest BCUT2D eigenvalue weighted by molar-refractivity contribution is 0.0946. The zero-order chi connectivity index (χ0) is 16.9. The van der Waals surface area contributed by atoms with E-state index in [2.05, 4.69) is 10.3 Å². The van der Waals surface area contributed by atoms with E-state index in [9.17, 15) is 4.79 Å². The Kier molecular flexibility index (Phi) is 4.61. The predicted molar refractivity (Wildman–Crippen MR) is 92.5 cm³/mol. The lowest BCUT2D eigenvalue weighted by Gasteiger charge is -2.09. The van der Waals surface area contributed by atoms with E-state index in [0.717, 1.165) is 28.0 Å². The highest BCUT2D eigenvalue weighted by Gasteiger charge is 2.10. The van der Waals surface area contributed by atoms with Crippen molar-refractivity contribution in [1.82, 2.24) is 10.3 Å². The maximum Gasteiger partial charge on any atom is 0.270 e. The van der Waals surface area contributed by atoms with Gasteiger partial charge in [0.05, 0.1) is 19.7 Å². The lowest BCUT2D eigenvalue weighted by atomic mass is 10.1. The molecule has 122 valence electrons. The molecule has 0 aliphatic rings. The third kappa shape index (κ3) is 3.30. The van der Waals surface area contributed by atoms with Gasteiger partial charge in [0.25, 0.3) is 5.91 Å². The fourth-order valence-corrected chi connectivity index (χ4v) is 2.47. The number of pyridine rings is 1. The number of para-hydroxylation sites is 1. The Hall–Kier alpha value is -3.08. The van der Waals surface area contributed by atoms with Gasteiger partial charge in [0.1, 0.15) is 17.2 Å². The second-order valence-electron chi connectivity index (χ2n) is 5.25. The fraction of sp³-hybridized carbons (Fsp3) is 0.158. The third-order valence-corrected chi connectivity index (χ3v) is 3.76. The molecule has 1 amide bonds. The molecule has 0 saturated carbocycles. The molecular formula is C19H18N2O3. The molecule has 0 fully saturated rings. The number of fused-ring (bicyclic) bond motifs is 1. The predicted octanol–water partition coefficient (Wildman–Crippen LogP) is 3.18. The second kappa shape index (κ2) is 7.00. The van der Waals surface area contributed by atoms with Crippen LogP contribution >= 0.6 is 0 Å². The smallest absolute Gasteiger partial charge is 0.270 e. The first-order chi connectivity index (χ1) is 11.7. The average Bonchev–Trinajstić information content (AvgIpc) is 2.65. The van der Waals surface area contributed by atoms with E-state index in [0.29, 0.717) is 12.2 Å². The fourth-order valence-electron chi connectivity index (χ4n) is 2.47. The quantitative estimate of drug-likeness (QED) is 0.784. The molecule has 0 unspecified atom stereocenters. The van der Waals surface area contributed by atoms with Crippen molar-refractivity contribution in [3.05, 3.63) is 65.9 Å². The molecule has 1 aromatic heterocycles.